The van der Waals surface area contributed by atoms with Crippen molar-refractivity contribution in [3.05, 3.63) is 0 Å². The summed E-state index contributed by atoms with van der Waals surface area (Å²) in [4.78, 5) is 23.3. The van der Waals surface area contributed by atoms with Crippen LogP contribution in [0.5, 0.6) is 0 Å². The molecule has 5 nitrogen and oxygen atoms in total. The zero-order valence-electron chi connectivity index (χ0n) is 10.6. The highest BCUT2D eigenvalue weighted by molar-refractivity contribution is 5.88. The molecule has 2 rings (SSSR count). The van der Waals surface area contributed by atoms with E-state index in [-0.39, 0.29) is 17.9 Å². The van der Waals surface area contributed by atoms with E-state index >= 15 is 0 Å². The van der Waals surface area contributed by atoms with E-state index in [1.807, 2.05) is 0 Å². The third kappa shape index (κ3) is 2.70. The number of nitrogens with one attached hydrogen (secondary N) is 2. The van der Waals surface area contributed by atoms with Gasteiger partial charge in [-0.3, -0.25) is 4.79 Å². The Hall–Kier alpha value is -1.26. The van der Waals surface area contributed by atoms with Gasteiger partial charge in [-0.15, -0.1) is 0 Å². The van der Waals surface area contributed by atoms with Gasteiger partial charge < -0.3 is 15.4 Å². The molecule has 2 N–H and O–H groups in total. The number of amides is 2. The lowest BCUT2D eigenvalue weighted by atomic mass is 9.99. The van der Waals surface area contributed by atoms with E-state index in [1.165, 1.54) is 0 Å². The maximum Gasteiger partial charge on any atom is 0.408 e. The normalized spacial score (nSPS) is 31.9. The van der Waals surface area contributed by atoms with Gasteiger partial charge in [0.15, 0.2) is 0 Å². The molecule has 17 heavy (non-hydrogen) atoms. The van der Waals surface area contributed by atoms with Gasteiger partial charge in [-0.1, -0.05) is 6.42 Å². The summed E-state index contributed by atoms with van der Waals surface area (Å²) >= 11 is 0. The van der Waals surface area contributed by atoms with Crippen molar-refractivity contribution in [2.45, 2.75) is 57.7 Å². The monoisotopic (exact) mass is 240 g/mol. The third-order valence-corrected chi connectivity index (χ3v) is 3.28. The Bertz CT molecular complexity index is 335. The van der Waals surface area contributed by atoms with E-state index in [0.717, 1.165) is 19.3 Å². The van der Waals surface area contributed by atoms with E-state index in [1.54, 1.807) is 20.8 Å². The van der Waals surface area contributed by atoms with Crippen molar-refractivity contribution in [1.82, 2.24) is 10.6 Å². The quantitative estimate of drug-likeness (QED) is 0.723. The van der Waals surface area contributed by atoms with E-state index in [4.69, 9.17) is 4.74 Å². The zero-order chi connectivity index (χ0) is 12.6. The average molecular weight is 240 g/mol. The summed E-state index contributed by atoms with van der Waals surface area (Å²) in [5.41, 5.74) is -0.533. The minimum Gasteiger partial charge on any atom is -0.444 e. The molecule has 1 aliphatic carbocycles. The number of fused-ring (bicyclic) bond motifs is 1. The SMILES string of the molecule is CC(C)(C)OC(=O)N[C@@H]1C(=O)N[C@H]2CCC[C@H]21. The molecule has 0 spiro atoms. The van der Waals surface area contributed by atoms with Crippen LogP contribution in [-0.4, -0.2) is 29.7 Å². The highest BCUT2D eigenvalue weighted by Gasteiger charge is 2.45. The molecule has 0 radical (unpaired) electrons. The van der Waals surface area contributed by atoms with Crippen molar-refractivity contribution in [2.24, 2.45) is 5.92 Å². The van der Waals surface area contributed by atoms with Crippen LogP contribution < -0.4 is 10.6 Å². The molecular weight excluding hydrogens is 220 g/mol. The molecule has 0 unspecified atom stereocenters. The predicted octanol–water partition coefficient (Wildman–Crippen LogP) is 1.18. The van der Waals surface area contributed by atoms with E-state index in [9.17, 15) is 9.59 Å². The van der Waals surface area contributed by atoms with Gasteiger partial charge in [-0.2, -0.15) is 0 Å². The topological polar surface area (TPSA) is 67.4 Å². The summed E-state index contributed by atoms with van der Waals surface area (Å²) in [5.74, 6) is 0.153. The fourth-order valence-corrected chi connectivity index (χ4v) is 2.64. The van der Waals surface area contributed by atoms with Crippen molar-refractivity contribution in [3.8, 4) is 0 Å². The number of hydrogen-bond acceptors (Lipinski definition) is 3. The number of alkyl carbamates (subject to hydrolysis) is 1. The fourth-order valence-electron chi connectivity index (χ4n) is 2.64. The summed E-state index contributed by atoms with van der Waals surface area (Å²) in [6.45, 7) is 5.42. The fraction of sp³-hybridized carbons (Fsp3) is 0.833. The second-order valence-electron chi connectivity index (χ2n) is 5.83. The Morgan fingerprint density at radius 2 is 2.12 bits per heavy atom. The molecule has 0 aromatic rings. The second kappa shape index (κ2) is 4.20. The van der Waals surface area contributed by atoms with Gasteiger partial charge >= 0.3 is 6.09 Å². The molecule has 3 atom stereocenters. The first-order valence-corrected chi connectivity index (χ1v) is 6.17. The van der Waals surface area contributed by atoms with Crippen LogP contribution >= 0.6 is 0 Å². The summed E-state index contributed by atoms with van der Waals surface area (Å²) in [7, 11) is 0. The van der Waals surface area contributed by atoms with Gasteiger partial charge in [0.2, 0.25) is 5.91 Å². The molecular formula is C12H20N2O3. The molecule has 2 aliphatic rings. The van der Waals surface area contributed by atoms with Crippen LogP contribution in [0, 0.1) is 5.92 Å². The molecule has 1 aliphatic heterocycles. The Labute approximate surface area is 101 Å². The van der Waals surface area contributed by atoms with E-state index in [0.29, 0.717) is 0 Å². The van der Waals surface area contributed by atoms with Gasteiger partial charge in [0, 0.05) is 12.0 Å². The first-order chi connectivity index (χ1) is 7.87. The Morgan fingerprint density at radius 1 is 1.41 bits per heavy atom. The van der Waals surface area contributed by atoms with Crippen LogP contribution in [0.4, 0.5) is 4.79 Å². The van der Waals surface area contributed by atoms with Crippen LogP contribution in [0.2, 0.25) is 0 Å². The molecule has 2 fully saturated rings. The van der Waals surface area contributed by atoms with Crippen LogP contribution in [0.1, 0.15) is 40.0 Å². The summed E-state index contributed by atoms with van der Waals surface area (Å²) < 4.78 is 5.17. The summed E-state index contributed by atoms with van der Waals surface area (Å²) in [5, 5.41) is 5.61. The van der Waals surface area contributed by atoms with Crippen LogP contribution in [-0.2, 0) is 9.53 Å². The highest BCUT2D eigenvalue weighted by atomic mass is 16.6. The van der Waals surface area contributed by atoms with Crippen LogP contribution in [0.3, 0.4) is 0 Å². The highest BCUT2D eigenvalue weighted by Crippen LogP contribution is 2.32. The number of carbonyl (C=O) groups is 2. The molecule has 96 valence electrons. The lowest BCUT2D eigenvalue weighted by molar-refractivity contribution is -0.121. The number of hydrogen-bond donors (Lipinski definition) is 2. The standard InChI is InChI=1S/C12H20N2O3/c1-12(2,3)17-11(16)14-9-7-5-4-6-8(7)13-10(9)15/h7-9H,4-6H2,1-3H3,(H,13,15)(H,14,16)/t7-,8+,9+/m1/s1. The summed E-state index contributed by atoms with van der Waals surface area (Å²) in [6.07, 6.45) is 2.61. The van der Waals surface area contributed by atoms with Crippen molar-refractivity contribution < 1.29 is 14.3 Å². The van der Waals surface area contributed by atoms with E-state index in [2.05, 4.69) is 10.6 Å². The van der Waals surface area contributed by atoms with E-state index < -0.39 is 17.7 Å². The maximum absolute atomic E-state index is 11.7. The molecule has 0 bridgehead atoms. The van der Waals surface area contributed by atoms with Gasteiger partial charge in [0.05, 0.1) is 0 Å². The van der Waals surface area contributed by atoms with Crippen molar-refractivity contribution in [1.29, 1.82) is 0 Å². The van der Waals surface area contributed by atoms with Gasteiger partial charge in [0.1, 0.15) is 11.6 Å². The van der Waals surface area contributed by atoms with Gasteiger partial charge in [-0.25, -0.2) is 4.79 Å². The van der Waals surface area contributed by atoms with Crippen LogP contribution in [0.15, 0.2) is 0 Å². The van der Waals surface area contributed by atoms with Crippen LogP contribution in [0.25, 0.3) is 0 Å². The Balaban J connectivity index is 1.94. The average Bonchev–Trinajstić information content (AvgIpc) is 2.67. The lowest BCUT2D eigenvalue weighted by Gasteiger charge is -2.22. The number of ether oxygens (including phenoxy) is 1. The Morgan fingerprint density at radius 3 is 2.76 bits per heavy atom. The molecule has 2 amide bonds. The zero-order valence-corrected chi connectivity index (χ0v) is 10.6. The number of carbonyl (C=O) groups excluding carboxylic acids is 2. The van der Waals surface area contributed by atoms with Crippen molar-refractivity contribution in [2.75, 3.05) is 0 Å². The van der Waals surface area contributed by atoms with Crippen molar-refractivity contribution in [3.63, 3.8) is 0 Å². The van der Waals surface area contributed by atoms with Gasteiger partial charge in [-0.05, 0) is 33.6 Å². The summed E-state index contributed by atoms with van der Waals surface area (Å²) in [6, 6.07) is -0.181. The minimum atomic E-state index is -0.533. The first kappa shape index (κ1) is 12.2. The third-order valence-electron chi connectivity index (χ3n) is 3.28. The Kier molecular flexibility index (Phi) is 3.02. The van der Waals surface area contributed by atoms with Crippen molar-refractivity contribution >= 4 is 12.0 Å². The second-order valence-corrected chi connectivity index (χ2v) is 5.83. The number of rotatable bonds is 1. The van der Waals surface area contributed by atoms with Gasteiger partial charge in [0.25, 0.3) is 0 Å². The predicted molar refractivity (Wildman–Crippen MR) is 62.4 cm³/mol. The maximum atomic E-state index is 11.7. The molecule has 1 heterocycles. The largest absolute Gasteiger partial charge is 0.444 e. The molecule has 5 heteroatoms. The lowest BCUT2D eigenvalue weighted by Crippen LogP contribution is -2.45. The molecule has 0 aromatic heterocycles. The minimum absolute atomic E-state index is 0.0782. The molecule has 1 saturated heterocycles. The smallest absolute Gasteiger partial charge is 0.408 e. The molecule has 1 saturated carbocycles. The first-order valence-electron chi connectivity index (χ1n) is 6.17. The molecule has 0 aromatic carbocycles.